The molecule has 4 N–H and O–H groups in total. The molecule has 0 aliphatic carbocycles. The van der Waals surface area contributed by atoms with Crippen LogP contribution >= 0.6 is 0 Å². The number of ether oxygens (including phenoxy) is 2. The number of pyridine rings is 1. The Balaban J connectivity index is 1.09. The highest BCUT2D eigenvalue weighted by atomic mass is 16.5. The number of likely N-dealkylation sites (tertiary alicyclic amines) is 2. The highest BCUT2D eigenvalue weighted by molar-refractivity contribution is 6.02. The summed E-state index contributed by atoms with van der Waals surface area (Å²) >= 11 is 0. The standard InChI is InChI=1S/C44H53N9O6/c1-26(2)37(50-42(56)58-5)41(55)53-21-9-12-36(53)40-46-22-33(48-40)29-15-13-28(14-16-29)30-17-18-31(32-10-7-19-45-38(30)32)34-23-47-39(49-34)35-11-8-20-52(35)24-44(25-54,27(3)4)51-43(57)59-6/h7,10,13-19,22-23,25-27,35-37H,8-9,11-12,20-21,24H2,1-6H3,(H,46,48)(H,47,49)(H,50,56)(H,51,57)/t35-,36-,37-,44+/m0/s1. The largest absolute Gasteiger partial charge is 0.453 e. The van der Waals surface area contributed by atoms with Crippen molar-refractivity contribution in [3.8, 4) is 33.6 Å². The average Bonchev–Trinajstić information content (AvgIpc) is 4.09. The van der Waals surface area contributed by atoms with E-state index >= 15 is 0 Å². The first-order valence-electron chi connectivity index (χ1n) is 20.3. The van der Waals surface area contributed by atoms with Crippen LogP contribution in [0.2, 0.25) is 0 Å². The molecule has 59 heavy (non-hydrogen) atoms. The number of imidazole rings is 2. The predicted molar refractivity (Wildman–Crippen MR) is 223 cm³/mol. The Morgan fingerprint density at radius 3 is 2.17 bits per heavy atom. The first kappa shape index (κ1) is 41.1. The number of nitrogens with zero attached hydrogens (tertiary/aromatic N) is 5. The van der Waals surface area contributed by atoms with Gasteiger partial charge in [-0.2, -0.15) is 0 Å². The molecule has 5 heterocycles. The van der Waals surface area contributed by atoms with Crippen LogP contribution < -0.4 is 10.6 Å². The van der Waals surface area contributed by atoms with Crippen molar-refractivity contribution in [3.63, 3.8) is 0 Å². The second-order valence-electron chi connectivity index (χ2n) is 16.1. The Morgan fingerprint density at radius 1 is 0.831 bits per heavy atom. The fraction of sp³-hybridized carbons (Fsp3) is 0.432. The second-order valence-corrected chi connectivity index (χ2v) is 16.1. The number of nitrogens with one attached hydrogen (secondary N) is 4. The van der Waals surface area contributed by atoms with Crippen LogP contribution in [0.1, 0.15) is 77.1 Å². The third-order valence-electron chi connectivity index (χ3n) is 11.9. The number of H-pyrrole nitrogens is 2. The fourth-order valence-electron chi connectivity index (χ4n) is 8.43. The number of aldehydes is 1. The van der Waals surface area contributed by atoms with Crippen LogP contribution in [0.5, 0.6) is 0 Å². The summed E-state index contributed by atoms with van der Waals surface area (Å²) in [6, 6.07) is 15.4. The van der Waals surface area contributed by atoms with Crippen LogP contribution in [0.25, 0.3) is 44.5 Å². The molecule has 0 spiro atoms. The Labute approximate surface area is 343 Å². The van der Waals surface area contributed by atoms with E-state index in [1.54, 1.807) is 17.3 Å². The highest BCUT2D eigenvalue weighted by Gasteiger charge is 2.42. The number of aromatic amines is 2. The van der Waals surface area contributed by atoms with E-state index in [-0.39, 0.29) is 29.8 Å². The highest BCUT2D eigenvalue weighted by Crippen LogP contribution is 2.38. The van der Waals surface area contributed by atoms with Crippen LogP contribution in [-0.2, 0) is 19.1 Å². The number of hydrogen-bond acceptors (Lipinski definition) is 10. The molecule has 2 fully saturated rings. The number of carbonyl (C=O) groups excluding carboxylic acids is 4. The molecular formula is C44H53N9O6. The molecule has 3 amide bonds. The van der Waals surface area contributed by atoms with Crippen LogP contribution in [0, 0.1) is 11.8 Å². The Bertz CT molecular complexity index is 2300. The molecule has 7 rings (SSSR count). The smallest absolute Gasteiger partial charge is 0.407 e. The van der Waals surface area contributed by atoms with Gasteiger partial charge in [-0.15, -0.1) is 0 Å². The van der Waals surface area contributed by atoms with Gasteiger partial charge in [-0.3, -0.25) is 14.7 Å². The van der Waals surface area contributed by atoms with Gasteiger partial charge in [0.15, 0.2) is 0 Å². The predicted octanol–water partition coefficient (Wildman–Crippen LogP) is 6.81. The number of benzene rings is 2. The summed E-state index contributed by atoms with van der Waals surface area (Å²) in [4.78, 5) is 75.7. The van der Waals surface area contributed by atoms with Gasteiger partial charge >= 0.3 is 12.2 Å². The summed E-state index contributed by atoms with van der Waals surface area (Å²) < 4.78 is 9.62. The number of hydrogen-bond donors (Lipinski definition) is 4. The Kier molecular flexibility index (Phi) is 12.1. The van der Waals surface area contributed by atoms with Crippen molar-refractivity contribution in [2.75, 3.05) is 33.9 Å². The maximum absolute atomic E-state index is 13.6. The van der Waals surface area contributed by atoms with Crippen LogP contribution in [-0.4, -0.2) is 105 Å². The van der Waals surface area contributed by atoms with E-state index in [1.165, 1.54) is 14.2 Å². The summed E-state index contributed by atoms with van der Waals surface area (Å²) in [5.41, 5.74) is 5.37. The lowest BCUT2D eigenvalue weighted by Crippen LogP contribution is -2.60. The summed E-state index contributed by atoms with van der Waals surface area (Å²) in [6.45, 7) is 9.32. The molecule has 0 bridgehead atoms. The number of alkyl carbamates (subject to hydrolysis) is 2. The summed E-state index contributed by atoms with van der Waals surface area (Å²) in [5.74, 6) is 1.10. The van der Waals surface area contributed by atoms with E-state index in [9.17, 15) is 19.2 Å². The van der Waals surface area contributed by atoms with Gasteiger partial charge in [0.25, 0.3) is 0 Å². The number of methoxy groups -OCH3 is 2. The molecular weight excluding hydrogens is 751 g/mol. The number of fused-ring (bicyclic) bond motifs is 1. The third kappa shape index (κ3) is 8.29. The molecule has 310 valence electrons. The monoisotopic (exact) mass is 803 g/mol. The molecule has 4 atom stereocenters. The van der Waals surface area contributed by atoms with Gasteiger partial charge in [-0.05, 0) is 61.3 Å². The minimum absolute atomic E-state index is 0.0541. The minimum atomic E-state index is -1.11. The van der Waals surface area contributed by atoms with Crippen LogP contribution in [0.15, 0.2) is 67.1 Å². The maximum Gasteiger partial charge on any atom is 0.407 e. The van der Waals surface area contributed by atoms with Gasteiger partial charge in [-0.25, -0.2) is 19.6 Å². The lowest BCUT2D eigenvalue weighted by molar-refractivity contribution is -0.135. The number of carbonyl (C=O) groups is 4. The van der Waals surface area contributed by atoms with E-state index in [2.05, 4.69) is 68.0 Å². The van der Waals surface area contributed by atoms with Crippen molar-refractivity contribution >= 4 is 35.3 Å². The van der Waals surface area contributed by atoms with Crippen LogP contribution in [0.3, 0.4) is 0 Å². The first-order chi connectivity index (χ1) is 28.5. The second kappa shape index (κ2) is 17.4. The molecule has 0 unspecified atom stereocenters. The average molecular weight is 804 g/mol. The molecule has 0 radical (unpaired) electrons. The van der Waals surface area contributed by atoms with E-state index < -0.39 is 23.8 Å². The number of rotatable bonds is 13. The van der Waals surface area contributed by atoms with Crippen molar-refractivity contribution < 1.29 is 28.7 Å². The Morgan fingerprint density at radius 2 is 1.47 bits per heavy atom. The third-order valence-corrected chi connectivity index (χ3v) is 11.9. The van der Waals surface area contributed by atoms with Gasteiger partial charge in [0.2, 0.25) is 5.91 Å². The topological polar surface area (TPSA) is 188 Å². The van der Waals surface area contributed by atoms with Gasteiger partial charge in [-0.1, -0.05) is 70.2 Å². The van der Waals surface area contributed by atoms with Crippen molar-refractivity contribution in [1.29, 1.82) is 0 Å². The zero-order valence-electron chi connectivity index (χ0n) is 34.5. The minimum Gasteiger partial charge on any atom is -0.453 e. The number of amides is 3. The van der Waals surface area contributed by atoms with Crippen molar-refractivity contribution in [1.82, 2.24) is 45.4 Å². The zero-order valence-corrected chi connectivity index (χ0v) is 34.5. The SMILES string of the molecule is COC(=O)N[C@H](C(=O)N1CCC[C@H]1c1ncc(-c2ccc(-c3ccc(-c4cnc([C@@H]5CCCN5C[C@](C=O)(NC(=O)OC)C(C)C)[nH]4)c4cccnc34)cc2)[nH]1)C(C)C. The zero-order chi connectivity index (χ0) is 41.8. The van der Waals surface area contributed by atoms with E-state index in [1.807, 2.05) is 40.0 Å². The molecule has 15 heteroatoms. The normalized spacial score (nSPS) is 18.5. The quantitative estimate of drug-likeness (QED) is 0.0921. The molecule has 0 saturated carbocycles. The maximum atomic E-state index is 13.6. The van der Waals surface area contributed by atoms with Crippen LogP contribution in [0.4, 0.5) is 9.59 Å². The molecule has 2 aromatic carbocycles. The lowest BCUT2D eigenvalue weighted by Gasteiger charge is -2.37. The molecule has 15 nitrogen and oxygen atoms in total. The van der Waals surface area contributed by atoms with E-state index in [0.717, 1.165) is 88.9 Å². The first-order valence-corrected chi connectivity index (χ1v) is 20.3. The molecule has 2 aliphatic rings. The van der Waals surface area contributed by atoms with Gasteiger partial charge < -0.3 is 39.8 Å². The summed E-state index contributed by atoms with van der Waals surface area (Å²) in [5, 5.41) is 6.48. The Hall–Kier alpha value is -6.09. The molecule has 2 saturated heterocycles. The van der Waals surface area contributed by atoms with Crippen molar-refractivity contribution in [2.24, 2.45) is 11.8 Å². The van der Waals surface area contributed by atoms with E-state index in [4.69, 9.17) is 24.4 Å². The summed E-state index contributed by atoms with van der Waals surface area (Å²) in [6.07, 6.45) is 8.42. The number of aromatic nitrogens is 5. The fourth-order valence-corrected chi connectivity index (χ4v) is 8.43. The van der Waals surface area contributed by atoms with Crippen molar-refractivity contribution in [2.45, 2.75) is 77.0 Å². The van der Waals surface area contributed by atoms with Gasteiger partial charge in [0.05, 0.1) is 55.6 Å². The van der Waals surface area contributed by atoms with Gasteiger partial charge in [0.1, 0.15) is 29.5 Å². The van der Waals surface area contributed by atoms with Gasteiger partial charge in [0, 0.05) is 35.8 Å². The van der Waals surface area contributed by atoms with E-state index in [0.29, 0.717) is 18.9 Å². The summed E-state index contributed by atoms with van der Waals surface area (Å²) in [7, 11) is 2.58. The lowest BCUT2D eigenvalue weighted by atomic mass is 9.87. The molecule has 5 aromatic rings. The molecule has 2 aliphatic heterocycles. The molecule has 3 aromatic heterocycles. The van der Waals surface area contributed by atoms with Crippen molar-refractivity contribution in [3.05, 3.63) is 78.8 Å².